The Hall–Kier alpha value is -2.74. The second-order valence-corrected chi connectivity index (χ2v) is 11.5. The minimum absolute atomic E-state index is 0.00446. The van der Waals surface area contributed by atoms with Crippen LogP contribution in [0.5, 0.6) is 0 Å². The maximum Gasteiger partial charge on any atom is 0.435 e. The van der Waals surface area contributed by atoms with Gasteiger partial charge < -0.3 is 14.7 Å². The number of sulfone groups is 1. The van der Waals surface area contributed by atoms with E-state index in [1.807, 2.05) is 0 Å². The predicted molar refractivity (Wildman–Crippen MR) is 129 cm³/mol. The van der Waals surface area contributed by atoms with Crippen LogP contribution in [0.4, 0.5) is 13.2 Å². The highest BCUT2D eigenvalue weighted by Crippen LogP contribution is 2.38. The van der Waals surface area contributed by atoms with E-state index in [0.717, 1.165) is 22.1 Å². The Morgan fingerprint density at radius 3 is 2.47 bits per heavy atom. The minimum atomic E-state index is -4.71. The summed E-state index contributed by atoms with van der Waals surface area (Å²) in [6.07, 6.45) is -4.71. The monoisotopic (exact) mass is 545 g/mol. The number of rotatable bonds is 10. The number of esters is 1. The van der Waals surface area contributed by atoms with E-state index >= 15 is 0 Å². The molecule has 0 aliphatic carbocycles. The molecule has 0 saturated carbocycles. The summed E-state index contributed by atoms with van der Waals surface area (Å²) in [6, 6.07) is 8.68. The molecule has 3 rings (SSSR count). The first-order chi connectivity index (χ1) is 16.9. The molecule has 0 aliphatic rings. The Morgan fingerprint density at radius 2 is 1.86 bits per heavy atom. The smallest absolute Gasteiger partial charge is 0.435 e. The molecule has 0 atom stereocenters. The largest absolute Gasteiger partial charge is 0.463 e. The van der Waals surface area contributed by atoms with Crippen LogP contribution in [0.2, 0.25) is 0 Å². The van der Waals surface area contributed by atoms with Gasteiger partial charge in [0, 0.05) is 11.4 Å². The molecular formula is C23H26F3N3O5S2. The highest BCUT2D eigenvalue weighted by molar-refractivity contribution is 7.91. The molecule has 196 valence electrons. The molecule has 3 aromatic rings. The van der Waals surface area contributed by atoms with Crippen molar-refractivity contribution >= 4 is 27.1 Å². The average molecular weight is 546 g/mol. The minimum Gasteiger partial charge on any atom is -0.463 e. The van der Waals surface area contributed by atoms with Gasteiger partial charge in [-0.3, -0.25) is 9.48 Å². The summed E-state index contributed by atoms with van der Waals surface area (Å²) in [4.78, 5) is 15.0. The van der Waals surface area contributed by atoms with Crippen LogP contribution >= 0.6 is 11.3 Å². The fourth-order valence-corrected chi connectivity index (χ4v) is 5.47. The van der Waals surface area contributed by atoms with Crippen molar-refractivity contribution in [3.05, 3.63) is 47.7 Å². The Morgan fingerprint density at radius 1 is 1.17 bits per heavy atom. The van der Waals surface area contributed by atoms with Gasteiger partial charge in [-0.05, 0) is 49.5 Å². The van der Waals surface area contributed by atoms with Crippen LogP contribution in [0.15, 0.2) is 41.3 Å². The lowest BCUT2D eigenvalue weighted by Gasteiger charge is -2.11. The maximum atomic E-state index is 13.4. The summed E-state index contributed by atoms with van der Waals surface area (Å²) >= 11 is 1.12. The number of aliphatic hydroxyl groups excluding tert-OH is 1. The topological polar surface area (TPSA) is 102 Å². The number of hydrogen-bond acceptors (Lipinski definition) is 8. The molecule has 36 heavy (non-hydrogen) atoms. The zero-order valence-electron chi connectivity index (χ0n) is 19.9. The molecule has 2 heterocycles. The second kappa shape index (κ2) is 11.1. The highest BCUT2D eigenvalue weighted by atomic mass is 32.2. The van der Waals surface area contributed by atoms with E-state index in [-0.39, 0.29) is 28.5 Å². The predicted octanol–water partition coefficient (Wildman–Crippen LogP) is 3.69. The lowest BCUT2D eigenvalue weighted by atomic mass is 10.1. The van der Waals surface area contributed by atoms with Crippen LogP contribution in [-0.4, -0.2) is 67.2 Å². The van der Waals surface area contributed by atoms with Gasteiger partial charge >= 0.3 is 12.1 Å². The lowest BCUT2D eigenvalue weighted by molar-refractivity contribution is -0.146. The van der Waals surface area contributed by atoms with Gasteiger partial charge in [-0.2, -0.15) is 18.3 Å². The van der Waals surface area contributed by atoms with Gasteiger partial charge in [-0.1, -0.05) is 19.1 Å². The Kier molecular flexibility index (Phi) is 8.59. The summed E-state index contributed by atoms with van der Waals surface area (Å²) in [5, 5.41) is 13.1. The Balaban J connectivity index is 1.96. The summed E-state index contributed by atoms with van der Waals surface area (Å²) in [5.74, 6) is -0.871. The zero-order chi connectivity index (χ0) is 26.7. The number of benzene rings is 1. The van der Waals surface area contributed by atoms with Gasteiger partial charge in [0.25, 0.3) is 0 Å². The molecule has 0 saturated heterocycles. The molecule has 13 heteroatoms. The van der Waals surface area contributed by atoms with Gasteiger partial charge in [-0.25, -0.2) is 8.42 Å². The fourth-order valence-electron chi connectivity index (χ4n) is 3.30. The van der Waals surface area contributed by atoms with E-state index in [1.54, 1.807) is 37.2 Å². The van der Waals surface area contributed by atoms with Crippen LogP contribution in [0.3, 0.4) is 0 Å². The number of nitrogens with zero attached hydrogens (tertiary/aromatic N) is 3. The van der Waals surface area contributed by atoms with Crippen LogP contribution in [0.25, 0.3) is 21.0 Å². The first-order valence-corrected chi connectivity index (χ1v) is 13.3. The van der Waals surface area contributed by atoms with Gasteiger partial charge in [0.15, 0.2) is 15.5 Å². The van der Waals surface area contributed by atoms with Crippen molar-refractivity contribution in [2.45, 2.75) is 31.1 Å². The van der Waals surface area contributed by atoms with Gasteiger partial charge in [0.2, 0.25) is 0 Å². The molecule has 0 fully saturated rings. The van der Waals surface area contributed by atoms with Crippen LogP contribution < -0.4 is 0 Å². The molecule has 0 aliphatic heterocycles. The van der Waals surface area contributed by atoms with Gasteiger partial charge in [0.05, 0.1) is 27.8 Å². The number of carbonyl (C=O) groups is 1. The molecule has 0 unspecified atom stereocenters. The SMILES string of the molecule is CCS(=O)(=O)c1cc(-c2ccc(-c3cc(C(F)(F)F)nn3CC(=O)OCCN(C)C)s2)ccc1CO. The van der Waals surface area contributed by atoms with E-state index in [1.165, 1.54) is 19.1 Å². The molecule has 1 N–H and O–H groups in total. The first-order valence-electron chi connectivity index (χ1n) is 10.9. The number of aliphatic hydroxyl groups is 1. The van der Waals surface area contributed by atoms with Crippen molar-refractivity contribution in [2.24, 2.45) is 0 Å². The van der Waals surface area contributed by atoms with Crippen molar-refractivity contribution < 1.29 is 36.2 Å². The molecule has 1 aromatic carbocycles. The molecule has 0 amide bonds. The zero-order valence-corrected chi connectivity index (χ0v) is 21.5. The Labute approximate surface area is 210 Å². The number of carbonyl (C=O) groups excluding carboxylic acids is 1. The normalized spacial score (nSPS) is 12.3. The standard InChI is InChI=1S/C23H26F3N3O5S2/c1-4-36(32,33)20-11-15(5-6-16(20)14-30)18-7-8-19(35-18)17-12-21(23(24,25)26)27-29(17)13-22(31)34-10-9-28(2)3/h5-8,11-12,30H,4,9-10,13-14H2,1-3H3. The van der Waals surface area contributed by atoms with Crippen LogP contribution in [0, 0.1) is 0 Å². The number of ether oxygens (including phenoxy) is 1. The summed E-state index contributed by atoms with van der Waals surface area (Å²) in [7, 11) is -0.0260. The summed E-state index contributed by atoms with van der Waals surface area (Å²) < 4.78 is 71.2. The van der Waals surface area contributed by atoms with E-state index in [0.29, 0.717) is 21.9 Å². The second-order valence-electron chi connectivity index (χ2n) is 8.14. The number of halogens is 3. The molecule has 2 aromatic heterocycles. The third kappa shape index (κ3) is 6.52. The molecular weight excluding hydrogens is 519 g/mol. The third-order valence-corrected chi connectivity index (χ3v) is 8.21. The average Bonchev–Trinajstić information content (AvgIpc) is 3.45. The van der Waals surface area contributed by atoms with Crippen molar-refractivity contribution in [1.29, 1.82) is 0 Å². The third-order valence-electron chi connectivity index (χ3n) is 5.25. The number of alkyl halides is 3. The van der Waals surface area contributed by atoms with Gasteiger partial charge in [0.1, 0.15) is 13.2 Å². The first kappa shape index (κ1) is 27.8. The summed E-state index contributed by atoms with van der Waals surface area (Å²) in [6.45, 7) is 1.09. The maximum absolute atomic E-state index is 13.4. The van der Waals surface area contributed by atoms with E-state index in [9.17, 15) is 31.5 Å². The van der Waals surface area contributed by atoms with Crippen molar-refractivity contribution in [2.75, 3.05) is 33.0 Å². The molecule has 8 nitrogen and oxygen atoms in total. The van der Waals surface area contributed by atoms with E-state index in [2.05, 4.69) is 5.10 Å². The number of hydrogen-bond donors (Lipinski definition) is 1. The van der Waals surface area contributed by atoms with E-state index < -0.39 is 40.8 Å². The fraction of sp³-hybridized carbons (Fsp3) is 0.391. The lowest BCUT2D eigenvalue weighted by Crippen LogP contribution is -2.22. The van der Waals surface area contributed by atoms with Crippen LogP contribution in [0.1, 0.15) is 18.2 Å². The van der Waals surface area contributed by atoms with Crippen molar-refractivity contribution in [3.8, 4) is 21.0 Å². The Bertz CT molecular complexity index is 1330. The van der Waals surface area contributed by atoms with Gasteiger partial charge in [-0.15, -0.1) is 11.3 Å². The number of thiophene rings is 1. The van der Waals surface area contributed by atoms with E-state index in [4.69, 9.17) is 4.74 Å². The molecule has 0 bridgehead atoms. The van der Waals surface area contributed by atoms with Crippen LogP contribution in [-0.2, 0) is 38.7 Å². The summed E-state index contributed by atoms with van der Waals surface area (Å²) in [5.41, 5.74) is -0.271. The molecule has 0 spiro atoms. The van der Waals surface area contributed by atoms with Crippen molar-refractivity contribution in [3.63, 3.8) is 0 Å². The highest BCUT2D eigenvalue weighted by Gasteiger charge is 2.35. The quantitative estimate of drug-likeness (QED) is 0.388. The number of likely N-dealkylation sites (N-methyl/N-ethyl adjacent to an activating group) is 1. The van der Waals surface area contributed by atoms with Crippen molar-refractivity contribution in [1.82, 2.24) is 14.7 Å². The molecule has 0 radical (unpaired) electrons. The number of aromatic nitrogens is 2.